The predicted molar refractivity (Wildman–Crippen MR) is 80.9 cm³/mol. The predicted octanol–water partition coefficient (Wildman–Crippen LogP) is 2.62. The monoisotopic (exact) mass is 287 g/mol. The summed E-state index contributed by atoms with van der Waals surface area (Å²) in [6.45, 7) is 2.09. The Labute approximate surface area is 121 Å². The Balaban J connectivity index is 1.48. The van der Waals surface area contributed by atoms with Crippen molar-refractivity contribution in [3.63, 3.8) is 0 Å². The molecule has 4 nitrogen and oxygen atoms in total. The van der Waals surface area contributed by atoms with Crippen LogP contribution in [-0.2, 0) is 4.79 Å². The Morgan fingerprint density at radius 3 is 2.95 bits per heavy atom. The second kappa shape index (κ2) is 4.53. The van der Waals surface area contributed by atoms with Gasteiger partial charge in [-0.15, -0.1) is 0 Å². The van der Waals surface area contributed by atoms with E-state index in [2.05, 4.69) is 15.6 Å². The second-order valence-corrected chi connectivity index (χ2v) is 6.88. The highest BCUT2D eigenvalue weighted by Gasteiger charge is 2.57. The maximum atomic E-state index is 12.4. The van der Waals surface area contributed by atoms with Crippen LogP contribution in [0.2, 0.25) is 0 Å². The molecule has 104 valence electrons. The maximum Gasteiger partial charge on any atom is 0.229 e. The van der Waals surface area contributed by atoms with Crippen LogP contribution in [-0.4, -0.2) is 24.0 Å². The van der Waals surface area contributed by atoms with Crippen LogP contribution in [0.5, 0.6) is 0 Å². The smallest absolute Gasteiger partial charge is 0.229 e. The fourth-order valence-corrected chi connectivity index (χ4v) is 4.18. The van der Waals surface area contributed by atoms with E-state index in [9.17, 15) is 4.79 Å². The molecular weight excluding hydrogens is 270 g/mol. The van der Waals surface area contributed by atoms with Crippen LogP contribution in [0.15, 0.2) is 24.3 Å². The molecule has 2 heterocycles. The van der Waals surface area contributed by atoms with Crippen molar-refractivity contribution in [2.45, 2.75) is 19.3 Å². The van der Waals surface area contributed by atoms with Gasteiger partial charge in [-0.05, 0) is 49.9 Å². The first-order valence-corrected chi connectivity index (χ1v) is 7.96. The lowest BCUT2D eigenvalue weighted by atomic mass is 9.92. The lowest BCUT2D eigenvalue weighted by molar-refractivity contribution is -0.118. The summed E-state index contributed by atoms with van der Waals surface area (Å²) >= 11 is 1.55. The molecule has 1 saturated carbocycles. The molecule has 1 aliphatic carbocycles. The van der Waals surface area contributed by atoms with Crippen LogP contribution in [0, 0.1) is 11.3 Å². The number of hydrogen-bond acceptors (Lipinski definition) is 4. The third-order valence-corrected chi connectivity index (χ3v) is 5.58. The van der Waals surface area contributed by atoms with Crippen molar-refractivity contribution in [1.82, 2.24) is 10.3 Å². The average Bonchev–Trinajstić information content (AvgIpc) is 2.99. The zero-order valence-electron chi connectivity index (χ0n) is 11.2. The zero-order valence-corrected chi connectivity index (χ0v) is 12.0. The summed E-state index contributed by atoms with van der Waals surface area (Å²) in [5.74, 6) is 0.350. The Hall–Kier alpha value is -1.46. The van der Waals surface area contributed by atoms with Crippen LogP contribution < -0.4 is 10.6 Å². The minimum absolute atomic E-state index is 0.158. The molecule has 2 aliphatic rings. The lowest BCUT2D eigenvalue weighted by Crippen LogP contribution is -2.31. The van der Waals surface area contributed by atoms with Crippen LogP contribution in [0.25, 0.3) is 10.2 Å². The molecule has 0 radical (unpaired) electrons. The molecule has 5 heteroatoms. The number of carbonyl (C=O) groups is 1. The summed E-state index contributed by atoms with van der Waals surface area (Å²) in [7, 11) is 0. The van der Waals surface area contributed by atoms with E-state index < -0.39 is 0 Å². The first kappa shape index (κ1) is 12.3. The third kappa shape index (κ3) is 2.01. The number of aromatic nitrogens is 1. The molecule has 1 aliphatic heterocycles. The van der Waals surface area contributed by atoms with Gasteiger partial charge in [-0.25, -0.2) is 4.98 Å². The fourth-order valence-electron chi connectivity index (χ4n) is 3.31. The molecule has 2 N–H and O–H groups in total. The summed E-state index contributed by atoms with van der Waals surface area (Å²) in [6, 6.07) is 7.98. The summed E-state index contributed by atoms with van der Waals surface area (Å²) in [5, 5.41) is 7.11. The van der Waals surface area contributed by atoms with Gasteiger partial charge in [-0.3, -0.25) is 4.79 Å². The molecule has 0 bridgehead atoms. The van der Waals surface area contributed by atoms with Gasteiger partial charge in [-0.1, -0.05) is 23.5 Å². The zero-order chi connectivity index (χ0) is 13.6. The summed E-state index contributed by atoms with van der Waals surface area (Å²) < 4.78 is 1.12. The van der Waals surface area contributed by atoms with Gasteiger partial charge >= 0.3 is 0 Å². The molecule has 1 spiro atoms. The molecule has 1 aromatic carbocycles. The molecule has 1 unspecified atom stereocenters. The summed E-state index contributed by atoms with van der Waals surface area (Å²) in [5.41, 5.74) is 1.24. The van der Waals surface area contributed by atoms with E-state index in [0.717, 1.165) is 47.7 Å². The first-order chi connectivity index (χ1) is 9.77. The van der Waals surface area contributed by atoms with Gasteiger partial charge in [0.2, 0.25) is 5.91 Å². The normalized spacial score (nSPS) is 23.9. The number of piperidine rings is 1. The van der Waals surface area contributed by atoms with Crippen molar-refractivity contribution in [3.8, 4) is 0 Å². The molecule has 1 atom stereocenters. The number of rotatable bonds is 2. The van der Waals surface area contributed by atoms with E-state index in [0.29, 0.717) is 0 Å². The second-order valence-electron chi connectivity index (χ2n) is 5.85. The minimum atomic E-state index is 0.158. The van der Waals surface area contributed by atoms with Gasteiger partial charge in [0.05, 0.1) is 10.2 Å². The highest BCUT2D eigenvalue weighted by atomic mass is 32.1. The molecule has 4 rings (SSSR count). The van der Waals surface area contributed by atoms with Crippen LogP contribution in [0.4, 0.5) is 5.13 Å². The number of fused-ring (bicyclic) bond motifs is 1. The van der Waals surface area contributed by atoms with Gasteiger partial charge in [0.1, 0.15) is 0 Å². The molecular formula is C15H17N3OS. The Morgan fingerprint density at radius 1 is 1.35 bits per heavy atom. The largest absolute Gasteiger partial charge is 0.317 e. The number of anilines is 1. The maximum absolute atomic E-state index is 12.4. The summed E-state index contributed by atoms with van der Waals surface area (Å²) in [4.78, 5) is 16.8. The standard InChI is InChI=1S/C15H17N3OS/c19-13(10-9-15(10)5-7-16-8-6-15)18-14-17-11-3-1-2-4-12(11)20-14/h1-4,10,16H,5-9H2,(H,17,18,19). The van der Waals surface area contributed by atoms with Crippen molar-refractivity contribution in [1.29, 1.82) is 0 Å². The third-order valence-electron chi connectivity index (χ3n) is 4.63. The van der Waals surface area contributed by atoms with E-state index >= 15 is 0 Å². The van der Waals surface area contributed by atoms with E-state index in [1.54, 1.807) is 11.3 Å². The van der Waals surface area contributed by atoms with E-state index in [1.165, 1.54) is 0 Å². The fraction of sp³-hybridized carbons (Fsp3) is 0.467. The Morgan fingerprint density at radius 2 is 2.15 bits per heavy atom. The lowest BCUT2D eigenvalue weighted by Gasteiger charge is -2.22. The first-order valence-electron chi connectivity index (χ1n) is 7.14. The SMILES string of the molecule is O=C(Nc1nc2ccccc2s1)C1CC12CCNCC2. The Kier molecular flexibility index (Phi) is 2.79. The molecule has 1 amide bonds. The van der Waals surface area contributed by atoms with Gasteiger partial charge in [-0.2, -0.15) is 0 Å². The van der Waals surface area contributed by atoms with E-state index in [1.807, 2.05) is 24.3 Å². The minimum Gasteiger partial charge on any atom is -0.317 e. The molecule has 2 fully saturated rings. The number of hydrogen-bond donors (Lipinski definition) is 2. The highest BCUT2D eigenvalue weighted by molar-refractivity contribution is 7.22. The molecule has 1 saturated heterocycles. The number of para-hydroxylation sites is 1. The molecule has 20 heavy (non-hydrogen) atoms. The summed E-state index contributed by atoms with van der Waals surface area (Å²) in [6.07, 6.45) is 3.31. The van der Waals surface area contributed by atoms with Crippen molar-refractivity contribution in [2.24, 2.45) is 11.3 Å². The molecule has 1 aromatic heterocycles. The van der Waals surface area contributed by atoms with Gasteiger partial charge < -0.3 is 10.6 Å². The van der Waals surface area contributed by atoms with Crippen LogP contribution in [0.3, 0.4) is 0 Å². The number of nitrogens with zero attached hydrogens (tertiary/aromatic N) is 1. The van der Waals surface area contributed by atoms with Crippen LogP contribution >= 0.6 is 11.3 Å². The highest BCUT2D eigenvalue weighted by Crippen LogP contribution is 2.58. The number of benzene rings is 1. The Bertz CT molecular complexity index is 627. The quantitative estimate of drug-likeness (QED) is 0.892. The van der Waals surface area contributed by atoms with Gasteiger partial charge in [0.15, 0.2) is 5.13 Å². The average molecular weight is 287 g/mol. The number of amides is 1. The van der Waals surface area contributed by atoms with Gasteiger partial charge in [0, 0.05) is 5.92 Å². The number of thiazole rings is 1. The van der Waals surface area contributed by atoms with Crippen molar-refractivity contribution < 1.29 is 4.79 Å². The van der Waals surface area contributed by atoms with Crippen molar-refractivity contribution in [3.05, 3.63) is 24.3 Å². The van der Waals surface area contributed by atoms with Crippen LogP contribution in [0.1, 0.15) is 19.3 Å². The van der Waals surface area contributed by atoms with Crippen molar-refractivity contribution >= 4 is 32.6 Å². The van der Waals surface area contributed by atoms with Crippen molar-refractivity contribution in [2.75, 3.05) is 18.4 Å². The van der Waals surface area contributed by atoms with Gasteiger partial charge in [0.25, 0.3) is 0 Å². The van der Waals surface area contributed by atoms with E-state index in [-0.39, 0.29) is 17.2 Å². The topological polar surface area (TPSA) is 54.0 Å². The van der Waals surface area contributed by atoms with E-state index in [4.69, 9.17) is 0 Å². The molecule has 2 aromatic rings. The number of carbonyl (C=O) groups excluding carboxylic acids is 1. The number of nitrogens with one attached hydrogen (secondary N) is 2.